The number of aromatic carboxylic acids is 1. The molecule has 0 aliphatic heterocycles. The normalized spacial score (nSPS) is 11.0. The van der Waals surface area contributed by atoms with Crippen LogP contribution in [0.1, 0.15) is 153 Å². The van der Waals surface area contributed by atoms with Gasteiger partial charge in [-0.05, 0) is 25.0 Å². The first-order chi connectivity index (χ1) is 17.2. The van der Waals surface area contributed by atoms with Crippen molar-refractivity contribution >= 4 is 5.97 Å². The smallest absolute Gasteiger partial charge is 0.335 e. The molecule has 0 saturated heterocycles. The predicted molar refractivity (Wildman–Crippen MR) is 148 cm³/mol. The van der Waals surface area contributed by atoms with Crippen molar-refractivity contribution in [3.63, 3.8) is 0 Å². The second-order valence-electron chi connectivity index (χ2n) is 10.1. The van der Waals surface area contributed by atoms with Gasteiger partial charge in [0.05, 0.1) is 18.8 Å². The number of hydrogen-bond donors (Lipinski definition) is 1. The molecule has 0 atom stereocenters. The molecular formula is C31H54O4. The van der Waals surface area contributed by atoms with Crippen LogP contribution in [0.15, 0.2) is 18.2 Å². The maximum atomic E-state index is 11.5. The summed E-state index contributed by atoms with van der Waals surface area (Å²) >= 11 is 0. The average Bonchev–Trinajstić information content (AvgIpc) is 2.85. The van der Waals surface area contributed by atoms with Gasteiger partial charge in [0, 0.05) is 6.07 Å². The summed E-state index contributed by atoms with van der Waals surface area (Å²) in [6.45, 7) is 5.76. The van der Waals surface area contributed by atoms with E-state index in [1.165, 1.54) is 103 Å². The minimum absolute atomic E-state index is 0.226. The lowest BCUT2D eigenvalue weighted by Crippen LogP contribution is -2.03. The summed E-state index contributed by atoms with van der Waals surface area (Å²) in [6.07, 6.45) is 25.7. The topological polar surface area (TPSA) is 55.8 Å². The van der Waals surface area contributed by atoms with Crippen LogP contribution in [0.5, 0.6) is 11.5 Å². The van der Waals surface area contributed by atoms with Gasteiger partial charge in [0.15, 0.2) is 0 Å². The highest BCUT2D eigenvalue weighted by molar-refractivity contribution is 5.88. The van der Waals surface area contributed by atoms with E-state index in [1.807, 2.05) is 6.07 Å². The van der Waals surface area contributed by atoms with Crippen LogP contribution in [0.3, 0.4) is 0 Å². The molecule has 0 fully saturated rings. The van der Waals surface area contributed by atoms with Crippen molar-refractivity contribution in [3.8, 4) is 11.5 Å². The lowest BCUT2D eigenvalue weighted by Gasteiger charge is -2.11. The van der Waals surface area contributed by atoms with Gasteiger partial charge in [-0.3, -0.25) is 0 Å². The second kappa shape index (κ2) is 22.7. The van der Waals surface area contributed by atoms with E-state index in [9.17, 15) is 9.90 Å². The van der Waals surface area contributed by atoms with Crippen LogP contribution in [-0.2, 0) is 0 Å². The Hall–Kier alpha value is -1.71. The average molecular weight is 491 g/mol. The minimum atomic E-state index is -0.946. The van der Waals surface area contributed by atoms with Crippen molar-refractivity contribution in [2.75, 3.05) is 13.2 Å². The maximum absolute atomic E-state index is 11.5. The summed E-state index contributed by atoms with van der Waals surface area (Å²) in [7, 11) is 0. The van der Waals surface area contributed by atoms with E-state index < -0.39 is 5.97 Å². The van der Waals surface area contributed by atoms with Gasteiger partial charge >= 0.3 is 5.97 Å². The molecule has 35 heavy (non-hydrogen) atoms. The highest BCUT2D eigenvalue weighted by Crippen LogP contribution is 2.24. The molecule has 0 heterocycles. The van der Waals surface area contributed by atoms with Gasteiger partial charge in [-0.15, -0.1) is 0 Å². The molecule has 1 aromatic carbocycles. The first-order valence-electron chi connectivity index (χ1n) is 14.8. The van der Waals surface area contributed by atoms with E-state index in [-0.39, 0.29) is 5.56 Å². The Bertz CT molecular complexity index is 584. The number of unbranched alkanes of at least 4 members (excludes halogenated alkanes) is 18. The third-order valence-electron chi connectivity index (χ3n) is 6.66. The van der Waals surface area contributed by atoms with Crippen LogP contribution in [-0.4, -0.2) is 24.3 Å². The molecule has 0 amide bonds. The Morgan fingerprint density at radius 2 is 0.857 bits per heavy atom. The van der Waals surface area contributed by atoms with E-state index in [1.54, 1.807) is 12.1 Å². The van der Waals surface area contributed by atoms with Crippen LogP contribution >= 0.6 is 0 Å². The summed E-state index contributed by atoms with van der Waals surface area (Å²) in [5, 5.41) is 9.44. The minimum Gasteiger partial charge on any atom is -0.493 e. The van der Waals surface area contributed by atoms with Gasteiger partial charge in [-0.1, -0.05) is 129 Å². The van der Waals surface area contributed by atoms with Crippen molar-refractivity contribution in [1.82, 2.24) is 0 Å². The fourth-order valence-corrected chi connectivity index (χ4v) is 4.42. The summed E-state index contributed by atoms with van der Waals surface area (Å²) in [5.41, 5.74) is 0.226. The van der Waals surface area contributed by atoms with Crippen molar-refractivity contribution in [3.05, 3.63) is 23.8 Å². The van der Waals surface area contributed by atoms with Crippen molar-refractivity contribution in [2.45, 2.75) is 142 Å². The highest BCUT2D eigenvalue weighted by atomic mass is 16.5. The summed E-state index contributed by atoms with van der Waals surface area (Å²) in [4.78, 5) is 11.5. The molecule has 1 aromatic rings. The highest BCUT2D eigenvalue weighted by Gasteiger charge is 2.09. The van der Waals surface area contributed by atoms with Crippen LogP contribution in [0.2, 0.25) is 0 Å². The zero-order valence-corrected chi connectivity index (χ0v) is 23.0. The molecule has 0 radical (unpaired) electrons. The molecule has 4 nitrogen and oxygen atoms in total. The zero-order valence-electron chi connectivity index (χ0n) is 23.0. The molecule has 4 heteroatoms. The Morgan fingerprint density at radius 1 is 0.543 bits per heavy atom. The van der Waals surface area contributed by atoms with Gasteiger partial charge in [0.25, 0.3) is 0 Å². The van der Waals surface area contributed by atoms with E-state index in [0.717, 1.165) is 25.7 Å². The fourth-order valence-electron chi connectivity index (χ4n) is 4.42. The molecule has 1 N–H and O–H groups in total. The van der Waals surface area contributed by atoms with Crippen molar-refractivity contribution in [2.24, 2.45) is 0 Å². The van der Waals surface area contributed by atoms with Crippen LogP contribution in [0.4, 0.5) is 0 Å². The third kappa shape index (κ3) is 18.3. The van der Waals surface area contributed by atoms with E-state index in [2.05, 4.69) is 13.8 Å². The Balaban J connectivity index is 2.18. The van der Waals surface area contributed by atoms with Gasteiger partial charge in [0.1, 0.15) is 11.5 Å². The molecule has 202 valence electrons. The zero-order chi connectivity index (χ0) is 25.4. The maximum Gasteiger partial charge on any atom is 0.335 e. The van der Waals surface area contributed by atoms with Gasteiger partial charge in [-0.2, -0.15) is 0 Å². The number of carboxylic acids is 1. The van der Waals surface area contributed by atoms with Crippen LogP contribution in [0, 0.1) is 0 Å². The van der Waals surface area contributed by atoms with Crippen molar-refractivity contribution < 1.29 is 19.4 Å². The number of ether oxygens (including phenoxy) is 2. The molecule has 0 aromatic heterocycles. The molecule has 0 aliphatic carbocycles. The molecule has 0 unspecified atom stereocenters. The first kappa shape index (κ1) is 31.3. The first-order valence-corrected chi connectivity index (χ1v) is 14.8. The number of benzene rings is 1. The third-order valence-corrected chi connectivity index (χ3v) is 6.66. The Morgan fingerprint density at radius 3 is 1.17 bits per heavy atom. The number of carbonyl (C=O) groups is 1. The number of rotatable bonds is 25. The lowest BCUT2D eigenvalue weighted by molar-refractivity contribution is 0.0695. The molecular weight excluding hydrogens is 436 g/mol. The lowest BCUT2D eigenvalue weighted by atomic mass is 10.1. The molecule has 0 aliphatic rings. The van der Waals surface area contributed by atoms with E-state index in [0.29, 0.717) is 24.7 Å². The SMILES string of the molecule is CCCCCCCCCCCCOc1cc(OCCCCCCCCCCCC)cc(C(=O)O)c1. The second-order valence-corrected chi connectivity index (χ2v) is 10.1. The standard InChI is InChI=1S/C31H54O4/c1-3-5-7-9-11-13-15-17-19-21-23-34-29-25-28(31(32)33)26-30(27-29)35-24-22-20-18-16-14-12-10-8-6-4-2/h25-27H,3-24H2,1-2H3,(H,32,33). The predicted octanol–water partition coefficient (Wildman–Crippen LogP) is 9.98. The van der Waals surface area contributed by atoms with Crippen LogP contribution < -0.4 is 9.47 Å². The largest absolute Gasteiger partial charge is 0.493 e. The van der Waals surface area contributed by atoms with Gasteiger partial charge in [0.2, 0.25) is 0 Å². The van der Waals surface area contributed by atoms with Crippen LogP contribution in [0.25, 0.3) is 0 Å². The summed E-state index contributed by atoms with van der Waals surface area (Å²) in [6, 6.07) is 5.04. The number of carboxylic acid groups (broad SMARTS) is 1. The number of hydrogen-bond acceptors (Lipinski definition) is 3. The monoisotopic (exact) mass is 490 g/mol. The summed E-state index contributed by atoms with van der Waals surface area (Å²) in [5.74, 6) is 0.246. The quantitative estimate of drug-likeness (QED) is 0.139. The van der Waals surface area contributed by atoms with E-state index in [4.69, 9.17) is 9.47 Å². The molecule has 0 spiro atoms. The molecule has 0 bridgehead atoms. The fraction of sp³-hybridized carbons (Fsp3) is 0.774. The Labute approximate surface area is 216 Å². The van der Waals surface area contributed by atoms with Crippen molar-refractivity contribution in [1.29, 1.82) is 0 Å². The molecule has 0 saturated carbocycles. The van der Waals surface area contributed by atoms with Gasteiger partial charge < -0.3 is 14.6 Å². The van der Waals surface area contributed by atoms with E-state index >= 15 is 0 Å². The molecule has 1 rings (SSSR count). The Kier molecular flexibility index (Phi) is 20.3. The summed E-state index contributed by atoms with van der Waals surface area (Å²) < 4.78 is 11.7. The van der Waals surface area contributed by atoms with Gasteiger partial charge in [-0.25, -0.2) is 4.79 Å².